The second-order valence-corrected chi connectivity index (χ2v) is 5.15. The summed E-state index contributed by atoms with van der Waals surface area (Å²) >= 11 is 0. The van der Waals surface area contributed by atoms with Gasteiger partial charge in [-0.05, 0) is 50.3 Å². The third kappa shape index (κ3) is 3.47. The quantitative estimate of drug-likeness (QED) is 0.758. The van der Waals surface area contributed by atoms with Crippen molar-refractivity contribution >= 4 is 5.69 Å². The summed E-state index contributed by atoms with van der Waals surface area (Å²) in [7, 11) is 0. The summed E-state index contributed by atoms with van der Waals surface area (Å²) in [6.07, 6.45) is 5.66. The molecule has 0 radical (unpaired) electrons. The lowest BCUT2D eigenvalue weighted by Gasteiger charge is -2.24. The molecule has 1 heterocycles. The van der Waals surface area contributed by atoms with Crippen LogP contribution < -0.4 is 5.73 Å². The molecule has 18 heavy (non-hydrogen) atoms. The molecule has 1 fully saturated rings. The molecule has 0 aromatic heterocycles. The van der Waals surface area contributed by atoms with E-state index in [1.54, 1.807) is 0 Å². The Hall–Kier alpha value is -1.06. The van der Waals surface area contributed by atoms with E-state index in [1.807, 2.05) is 12.1 Å². The predicted octanol–water partition coefficient (Wildman–Crippen LogP) is 2.05. The molecular formula is C15H24N2O. The van der Waals surface area contributed by atoms with Crippen LogP contribution in [0.3, 0.4) is 0 Å². The molecule has 3 N–H and O–H groups in total. The smallest absolute Gasteiger partial charge is 0.0431 e. The Morgan fingerprint density at radius 1 is 1.33 bits per heavy atom. The number of aliphatic hydroxyl groups excluding tert-OH is 1. The van der Waals surface area contributed by atoms with Gasteiger partial charge in [-0.1, -0.05) is 18.2 Å². The first-order valence-corrected chi connectivity index (χ1v) is 6.99. The molecule has 1 unspecified atom stereocenters. The van der Waals surface area contributed by atoms with Crippen LogP contribution in [0.2, 0.25) is 0 Å². The molecule has 1 aliphatic heterocycles. The van der Waals surface area contributed by atoms with Crippen LogP contribution in [0.15, 0.2) is 24.3 Å². The fourth-order valence-corrected chi connectivity index (χ4v) is 2.87. The molecule has 0 spiro atoms. The SMILES string of the molecule is Nc1ccccc1CCN1CCCC1CCCO. The summed E-state index contributed by atoms with van der Waals surface area (Å²) in [5.41, 5.74) is 8.13. The van der Waals surface area contributed by atoms with E-state index in [-0.39, 0.29) is 0 Å². The first-order valence-electron chi connectivity index (χ1n) is 6.99. The molecule has 3 heteroatoms. The van der Waals surface area contributed by atoms with E-state index in [4.69, 9.17) is 10.8 Å². The zero-order valence-corrected chi connectivity index (χ0v) is 11.0. The van der Waals surface area contributed by atoms with Crippen LogP contribution in [0.5, 0.6) is 0 Å². The Balaban J connectivity index is 1.84. The maximum atomic E-state index is 8.92. The molecule has 0 bridgehead atoms. The lowest BCUT2D eigenvalue weighted by atomic mass is 10.1. The summed E-state index contributed by atoms with van der Waals surface area (Å²) in [5.74, 6) is 0. The van der Waals surface area contributed by atoms with E-state index in [0.29, 0.717) is 12.6 Å². The first kappa shape index (κ1) is 13.4. The van der Waals surface area contributed by atoms with Gasteiger partial charge in [-0.2, -0.15) is 0 Å². The average molecular weight is 248 g/mol. The molecule has 1 atom stereocenters. The van der Waals surface area contributed by atoms with E-state index in [0.717, 1.165) is 31.5 Å². The van der Waals surface area contributed by atoms with Gasteiger partial charge >= 0.3 is 0 Å². The lowest BCUT2D eigenvalue weighted by molar-refractivity contribution is 0.218. The number of likely N-dealkylation sites (tertiary alicyclic amines) is 1. The van der Waals surface area contributed by atoms with Crippen molar-refractivity contribution in [2.45, 2.75) is 38.1 Å². The molecule has 0 saturated carbocycles. The van der Waals surface area contributed by atoms with Crippen molar-refractivity contribution in [1.82, 2.24) is 4.90 Å². The zero-order valence-electron chi connectivity index (χ0n) is 11.0. The first-order chi connectivity index (χ1) is 8.81. The third-order valence-corrected chi connectivity index (χ3v) is 3.92. The lowest BCUT2D eigenvalue weighted by Crippen LogP contribution is -2.31. The molecular weight excluding hydrogens is 224 g/mol. The van der Waals surface area contributed by atoms with Gasteiger partial charge in [-0.25, -0.2) is 0 Å². The molecule has 0 aliphatic carbocycles. The molecule has 1 aliphatic rings. The van der Waals surface area contributed by atoms with Gasteiger partial charge in [0.2, 0.25) is 0 Å². The Labute approximate surface area is 110 Å². The molecule has 1 aromatic rings. The number of nitrogens with zero attached hydrogens (tertiary/aromatic N) is 1. The van der Waals surface area contributed by atoms with Gasteiger partial charge in [0, 0.05) is 24.9 Å². The molecule has 2 rings (SSSR count). The number of rotatable bonds is 6. The number of anilines is 1. The zero-order chi connectivity index (χ0) is 12.8. The summed E-state index contributed by atoms with van der Waals surface area (Å²) in [6.45, 7) is 2.60. The maximum Gasteiger partial charge on any atom is 0.0431 e. The highest BCUT2D eigenvalue weighted by molar-refractivity contribution is 5.46. The number of benzene rings is 1. The minimum atomic E-state index is 0.315. The Morgan fingerprint density at radius 2 is 2.17 bits per heavy atom. The number of aliphatic hydroxyl groups is 1. The summed E-state index contributed by atoms with van der Waals surface area (Å²) in [5, 5.41) is 8.92. The highest BCUT2D eigenvalue weighted by Gasteiger charge is 2.23. The van der Waals surface area contributed by atoms with E-state index >= 15 is 0 Å². The van der Waals surface area contributed by atoms with Crippen LogP contribution in [-0.2, 0) is 6.42 Å². The fraction of sp³-hybridized carbons (Fsp3) is 0.600. The monoisotopic (exact) mass is 248 g/mol. The van der Waals surface area contributed by atoms with Crippen molar-refractivity contribution < 1.29 is 5.11 Å². The van der Waals surface area contributed by atoms with Crippen molar-refractivity contribution in [3.63, 3.8) is 0 Å². The van der Waals surface area contributed by atoms with Crippen LogP contribution in [0.1, 0.15) is 31.2 Å². The van der Waals surface area contributed by atoms with E-state index < -0.39 is 0 Å². The molecule has 100 valence electrons. The second kappa shape index (κ2) is 6.76. The van der Waals surface area contributed by atoms with Crippen molar-refractivity contribution in [2.75, 3.05) is 25.4 Å². The highest BCUT2D eigenvalue weighted by atomic mass is 16.2. The number of hydrogen-bond donors (Lipinski definition) is 2. The van der Waals surface area contributed by atoms with Gasteiger partial charge in [0.05, 0.1) is 0 Å². The van der Waals surface area contributed by atoms with Crippen molar-refractivity contribution in [3.8, 4) is 0 Å². The van der Waals surface area contributed by atoms with Gasteiger partial charge < -0.3 is 15.7 Å². The standard InChI is InChI=1S/C15H24N2O/c16-15-8-2-1-5-13(15)9-11-17-10-3-6-14(17)7-4-12-18/h1-2,5,8,14,18H,3-4,6-7,9-12,16H2. The minimum absolute atomic E-state index is 0.315. The van der Waals surface area contributed by atoms with Crippen LogP contribution in [0, 0.1) is 0 Å². The van der Waals surface area contributed by atoms with Gasteiger partial charge in [0.25, 0.3) is 0 Å². The Bertz CT molecular complexity index is 367. The van der Waals surface area contributed by atoms with E-state index in [2.05, 4.69) is 17.0 Å². The molecule has 1 aromatic carbocycles. The third-order valence-electron chi connectivity index (χ3n) is 3.92. The number of para-hydroxylation sites is 1. The van der Waals surface area contributed by atoms with Gasteiger partial charge in [0.15, 0.2) is 0 Å². The minimum Gasteiger partial charge on any atom is -0.399 e. The number of nitrogen functional groups attached to an aromatic ring is 1. The predicted molar refractivity (Wildman–Crippen MR) is 75.5 cm³/mol. The van der Waals surface area contributed by atoms with Crippen LogP contribution >= 0.6 is 0 Å². The van der Waals surface area contributed by atoms with Gasteiger partial charge in [-0.3, -0.25) is 0 Å². The Kier molecular flexibility index (Phi) is 5.02. The number of nitrogens with two attached hydrogens (primary N) is 1. The summed E-state index contributed by atoms with van der Waals surface area (Å²) < 4.78 is 0. The maximum absolute atomic E-state index is 8.92. The van der Waals surface area contributed by atoms with Crippen molar-refractivity contribution in [1.29, 1.82) is 0 Å². The van der Waals surface area contributed by atoms with E-state index in [1.165, 1.54) is 24.9 Å². The van der Waals surface area contributed by atoms with Crippen molar-refractivity contribution in [3.05, 3.63) is 29.8 Å². The van der Waals surface area contributed by atoms with E-state index in [9.17, 15) is 0 Å². The van der Waals surface area contributed by atoms with Crippen LogP contribution in [0.25, 0.3) is 0 Å². The normalized spacial score (nSPS) is 20.4. The van der Waals surface area contributed by atoms with Gasteiger partial charge in [0.1, 0.15) is 0 Å². The second-order valence-electron chi connectivity index (χ2n) is 5.15. The largest absolute Gasteiger partial charge is 0.399 e. The Morgan fingerprint density at radius 3 is 2.94 bits per heavy atom. The number of hydrogen-bond acceptors (Lipinski definition) is 3. The summed E-state index contributed by atoms with van der Waals surface area (Å²) in [4.78, 5) is 2.56. The average Bonchev–Trinajstić information content (AvgIpc) is 2.83. The molecule has 1 saturated heterocycles. The van der Waals surface area contributed by atoms with Crippen LogP contribution in [-0.4, -0.2) is 35.7 Å². The van der Waals surface area contributed by atoms with Crippen molar-refractivity contribution in [2.24, 2.45) is 0 Å². The van der Waals surface area contributed by atoms with Crippen LogP contribution in [0.4, 0.5) is 5.69 Å². The highest BCUT2D eigenvalue weighted by Crippen LogP contribution is 2.22. The van der Waals surface area contributed by atoms with Gasteiger partial charge in [-0.15, -0.1) is 0 Å². The molecule has 3 nitrogen and oxygen atoms in total. The fourth-order valence-electron chi connectivity index (χ4n) is 2.87. The molecule has 0 amide bonds. The summed E-state index contributed by atoms with van der Waals surface area (Å²) in [6, 6.07) is 8.80. The topological polar surface area (TPSA) is 49.5 Å².